The molecule has 0 spiro atoms. The summed E-state index contributed by atoms with van der Waals surface area (Å²) >= 11 is 0. The fourth-order valence-electron chi connectivity index (χ4n) is 2.42. The highest BCUT2D eigenvalue weighted by Gasteiger charge is 2.08. The van der Waals surface area contributed by atoms with Crippen LogP contribution in [0.4, 0.5) is 5.69 Å². The van der Waals surface area contributed by atoms with Crippen LogP contribution in [0.1, 0.15) is 38.3 Å². The van der Waals surface area contributed by atoms with E-state index in [0.29, 0.717) is 30.6 Å². The molecule has 2 N–H and O–H groups in total. The molecule has 2 rings (SSSR count). The number of nitrogens with one attached hydrogen (secondary N) is 2. The zero-order chi connectivity index (χ0) is 19.6. The minimum absolute atomic E-state index is 0. The van der Waals surface area contributed by atoms with Crippen molar-refractivity contribution in [3.8, 4) is 11.5 Å². The molecule has 1 aromatic carbocycles. The van der Waals surface area contributed by atoms with E-state index in [1.165, 1.54) is 0 Å². The molecule has 8 nitrogen and oxygen atoms in total. The van der Waals surface area contributed by atoms with Crippen LogP contribution in [0.2, 0.25) is 0 Å². The first-order valence-corrected chi connectivity index (χ1v) is 9.30. The first-order chi connectivity index (χ1) is 13.1. The Morgan fingerprint density at radius 3 is 2.61 bits per heavy atom. The molecule has 0 unspecified atom stereocenters. The van der Waals surface area contributed by atoms with E-state index in [9.17, 15) is 0 Å². The predicted molar refractivity (Wildman–Crippen MR) is 123 cm³/mol. The molecule has 1 aromatic heterocycles. The number of aromatic nitrogens is 3. The monoisotopic (exact) mass is 502 g/mol. The van der Waals surface area contributed by atoms with Gasteiger partial charge in [0.15, 0.2) is 23.3 Å². The maximum Gasteiger partial charge on any atom is 0.196 e. The molecule has 28 heavy (non-hydrogen) atoms. The summed E-state index contributed by atoms with van der Waals surface area (Å²) in [5.74, 6) is 3.77. The average molecular weight is 502 g/mol. The quantitative estimate of drug-likeness (QED) is 0.236. The van der Waals surface area contributed by atoms with Crippen molar-refractivity contribution in [2.75, 3.05) is 25.6 Å². The van der Waals surface area contributed by atoms with E-state index in [1.807, 2.05) is 43.7 Å². The second kappa shape index (κ2) is 12.4. The summed E-state index contributed by atoms with van der Waals surface area (Å²) in [4.78, 5) is 4.65. The molecule has 0 aliphatic heterocycles. The molecule has 2 aromatic rings. The number of unbranched alkanes of at least 4 members (excludes halogenated alkanes) is 1. The maximum absolute atomic E-state index is 5.65. The number of hydrogen-bond donors (Lipinski definition) is 2. The molecule has 0 amide bonds. The molecule has 0 aliphatic carbocycles. The fraction of sp³-hybridized carbons (Fsp3) is 0.526. The Labute approximate surface area is 184 Å². The van der Waals surface area contributed by atoms with Crippen molar-refractivity contribution in [1.82, 2.24) is 20.1 Å². The zero-order valence-electron chi connectivity index (χ0n) is 17.3. The predicted octanol–water partition coefficient (Wildman–Crippen LogP) is 3.51. The van der Waals surface area contributed by atoms with Gasteiger partial charge in [-0.05, 0) is 32.4 Å². The second-order valence-corrected chi connectivity index (χ2v) is 6.09. The number of hydrogen-bond acceptors (Lipinski definition) is 5. The van der Waals surface area contributed by atoms with E-state index in [-0.39, 0.29) is 24.0 Å². The van der Waals surface area contributed by atoms with E-state index in [0.717, 1.165) is 36.7 Å². The molecule has 0 atom stereocenters. The van der Waals surface area contributed by atoms with Gasteiger partial charge in [0.25, 0.3) is 0 Å². The number of anilines is 1. The molecule has 0 aliphatic rings. The minimum Gasteiger partial charge on any atom is -0.493 e. The summed E-state index contributed by atoms with van der Waals surface area (Å²) in [6.45, 7) is 7.88. The van der Waals surface area contributed by atoms with Gasteiger partial charge in [-0.3, -0.25) is 0 Å². The number of ether oxygens (including phenoxy) is 2. The first-order valence-electron chi connectivity index (χ1n) is 9.30. The van der Waals surface area contributed by atoms with Crippen molar-refractivity contribution in [2.45, 2.75) is 40.2 Å². The molecular weight excluding hydrogens is 471 g/mol. The molecule has 0 bridgehead atoms. The van der Waals surface area contributed by atoms with Crippen LogP contribution in [0.25, 0.3) is 0 Å². The number of nitrogens with zero attached hydrogens (tertiary/aromatic N) is 4. The van der Waals surface area contributed by atoms with E-state index < -0.39 is 0 Å². The Kier molecular flexibility index (Phi) is 10.6. The minimum atomic E-state index is 0. The standard InChI is InChI=1S/C19H30N6O2.HI/c1-6-8-11-20-19(21-13-18-24-23-14(3)25(18)4)22-15-9-10-16(26-5)17(12-15)27-7-2;/h9-10,12H,6-8,11,13H2,1-5H3,(H2,20,21,22);1H. The first kappa shape index (κ1) is 24.0. The van der Waals surface area contributed by atoms with Crippen LogP contribution in [-0.4, -0.2) is 41.0 Å². The normalized spacial score (nSPS) is 11.0. The fourth-order valence-corrected chi connectivity index (χ4v) is 2.42. The van der Waals surface area contributed by atoms with Crippen LogP contribution in [0, 0.1) is 6.92 Å². The van der Waals surface area contributed by atoms with Gasteiger partial charge in [0.1, 0.15) is 12.4 Å². The summed E-state index contributed by atoms with van der Waals surface area (Å²) in [6.07, 6.45) is 2.18. The third-order valence-corrected chi connectivity index (χ3v) is 4.11. The number of halogens is 1. The Bertz CT molecular complexity index is 763. The van der Waals surface area contributed by atoms with Gasteiger partial charge in [-0.15, -0.1) is 34.2 Å². The van der Waals surface area contributed by atoms with Crippen LogP contribution >= 0.6 is 24.0 Å². The van der Waals surface area contributed by atoms with Crippen molar-refractivity contribution >= 4 is 35.6 Å². The third kappa shape index (κ3) is 6.84. The van der Waals surface area contributed by atoms with Crippen molar-refractivity contribution in [2.24, 2.45) is 12.0 Å². The van der Waals surface area contributed by atoms with Crippen LogP contribution in [0.15, 0.2) is 23.2 Å². The summed E-state index contributed by atoms with van der Waals surface area (Å²) in [6, 6.07) is 5.72. The molecule has 0 radical (unpaired) electrons. The molecule has 0 saturated heterocycles. The highest BCUT2D eigenvalue weighted by Crippen LogP contribution is 2.30. The van der Waals surface area contributed by atoms with E-state index >= 15 is 0 Å². The zero-order valence-corrected chi connectivity index (χ0v) is 19.6. The number of aliphatic imine (C=N–C) groups is 1. The van der Waals surface area contributed by atoms with Gasteiger partial charge in [-0.25, -0.2) is 4.99 Å². The Balaban J connectivity index is 0.00000392. The van der Waals surface area contributed by atoms with E-state index in [1.54, 1.807) is 7.11 Å². The van der Waals surface area contributed by atoms with E-state index in [2.05, 4.69) is 32.7 Å². The van der Waals surface area contributed by atoms with Gasteiger partial charge in [0, 0.05) is 25.3 Å². The summed E-state index contributed by atoms with van der Waals surface area (Å²) in [5, 5.41) is 14.9. The van der Waals surface area contributed by atoms with Gasteiger partial charge in [-0.2, -0.15) is 0 Å². The Hall–Kier alpha value is -2.04. The van der Waals surface area contributed by atoms with E-state index in [4.69, 9.17) is 9.47 Å². The molecule has 0 saturated carbocycles. The van der Waals surface area contributed by atoms with Crippen molar-refractivity contribution in [3.63, 3.8) is 0 Å². The van der Waals surface area contributed by atoms with Gasteiger partial charge < -0.3 is 24.7 Å². The lowest BCUT2D eigenvalue weighted by Gasteiger charge is -2.15. The summed E-state index contributed by atoms with van der Waals surface area (Å²) in [5.41, 5.74) is 0.871. The smallest absolute Gasteiger partial charge is 0.196 e. The highest BCUT2D eigenvalue weighted by molar-refractivity contribution is 14.0. The van der Waals surface area contributed by atoms with Crippen LogP contribution < -0.4 is 20.1 Å². The lowest BCUT2D eigenvalue weighted by atomic mass is 10.2. The van der Waals surface area contributed by atoms with Crippen LogP contribution in [0.5, 0.6) is 11.5 Å². The topological polar surface area (TPSA) is 85.6 Å². The molecule has 9 heteroatoms. The number of benzene rings is 1. The SMILES string of the molecule is CCCCNC(=NCc1nnc(C)n1C)Nc1ccc(OC)c(OCC)c1.I. The number of methoxy groups -OCH3 is 1. The average Bonchev–Trinajstić information content (AvgIpc) is 2.98. The van der Waals surface area contributed by atoms with Crippen molar-refractivity contribution in [3.05, 3.63) is 29.8 Å². The van der Waals surface area contributed by atoms with Gasteiger partial charge in [0.2, 0.25) is 0 Å². The second-order valence-electron chi connectivity index (χ2n) is 6.09. The highest BCUT2D eigenvalue weighted by atomic mass is 127. The van der Waals surface area contributed by atoms with Crippen LogP contribution in [0.3, 0.4) is 0 Å². The Morgan fingerprint density at radius 1 is 1.21 bits per heavy atom. The van der Waals surface area contributed by atoms with Crippen LogP contribution in [-0.2, 0) is 13.6 Å². The Morgan fingerprint density at radius 2 is 2.00 bits per heavy atom. The molecule has 1 heterocycles. The number of rotatable bonds is 9. The number of guanidine groups is 1. The summed E-state index contributed by atoms with van der Waals surface area (Å²) < 4.78 is 12.9. The number of aryl methyl sites for hydroxylation is 1. The molecular formula is C19H31IN6O2. The van der Waals surface area contributed by atoms with Crippen molar-refractivity contribution in [1.29, 1.82) is 0 Å². The van der Waals surface area contributed by atoms with Gasteiger partial charge >= 0.3 is 0 Å². The van der Waals surface area contributed by atoms with Gasteiger partial charge in [-0.1, -0.05) is 13.3 Å². The lowest BCUT2D eigenvalue weighted by Crippen LogP contribution is -2.31. The third-order valence-electron chi connectivity index (χ3n) is 4.11. The molecule has 156 valence electrons. The van der Waals surface area contributed by atoms with Crippen molar-refractivity contribution < 1.29 is 9.47 Å². The largest absolute Gasteiger partial charge is 0.493 e. The molecule has 0 fully saturated rings. The van der Waals surface area contributed by atoms with Gasteiger partial charge in [0.05, 0.1) is 13.7 Å². The lowest BCUT2D eigenvalue weighted by molar-refractivity contribution is 0.311. The summed E-state index contributed by atoms with van der Waals surface area (Å²) in [7, 11) is 3.57. The maximum atomic E-state index is 5.65.